The van der Waals surface area contributed by atoms with Crippen molar-refractivity contribution < 1.29 is 9.47 Å². The standard InChI is InChI=1S/C9H18O2/c1-3-5-9-10-6-8(4-2)7-11-9/h8-9H,3-7H2,1-2H3. The molecule has 11 heavy (non-hydrogen) atoms. The second-order valence-corrected chi connectivity index (χ2v) is 3.16. The third-order valence-electron chi connectivity index (χ3n) is 2.14. The van der Waals surface area contributed by atoms with Crippen LogP contribution in [0.15, 0.2) is 0 Å². The molecule has 0 aromatic heterocycles. The molecule has 0 saturated carbocycles. The summed E-state index contributed by atoms with van der Waals surface area (Å²) in [7, 11) is 0. The lowest BCUT2D eigenvalue weighted by Crippen LogP contribution is -2.31. The van der Waals surface area contributed by atoms with E-state index >= 15 is 0 Å². The minimum Gasteiger partial charge on any atom is -0.352 e. The maximum absolute atomic E-state index is 5.50. The Bertz CT molecular complexity index is 95.7. The first-order valence-corrected chi connectivity index (χ1v) is 4.60. The molecule has 0 unspecified atom stereocenters. The second-order valence-electron chi connectivity index (χ2n) is 3.16. The lowest BCUT2D eigenvalue weighted by atomic mass is 10.1. The van der Waals surface area contributed by atoms with Crippen LogP contribution in [0.5, 0.6) is 0 Å². The maximum Gasteiger partial charge on any atom is 0.157 e. The Balaban J connectivity index is 2.14. The highest BCUT2D eigenvalue weighted by Crippen LogP contribution is 2.16. The molecule has 0 aliphatic carbocycles. The topological polar surface area (TPSA) is 18.5 Å². The van der Waals surface area contributed by atoms with Crippen molar-refractivity contribution in [3.63, 3.8) is 0 Å². The van der Waals surface area contributed by atoms with Crippen LogP contribution in [0.3, 0.4) is 0 Å². The molecule has 1 heterocycles. The molecule has 1 rings (SSSR count). The van der Waals surface area contributed by atoms with Crippen LogP contribution in [0.25, 0.3) is 0 Å². The number of hydrogen-bond donors (Lipinski definition) is 0. The zero-order valence-corrected chi connectivity index (χ0v) is 7.51. The highest BCUT2D eigenvalue weighted by atomic mass is 16.7. The van der Waals surface area contributed by atoms with E-state index in [0.717, 1.165) is 26.1 Å². The van der Waals surface area contributed by atoms with Crippen LogP contribution < -0.4 is 0 Å². The lowest BCUT2D eigenvalue weighted by Gasteiger charge is -2.28. The summed E-state index contributed by atoms with van der Waals surface area (Å²) in [6, 6.07) is 0. The van der Waals surface area contributed by atoms with Crippen molar-refractivity contribution in [1.82, 2.24) is 0 Å². The fourth-order valence-corrected chi connectivity index (χ4v) is 1.22. The van der Waals surface area contributed by atoms with E-state index in [1.165, 1.54) is 6.42 Å². The lowest BCUT2D eigenvalue weighted by molar-refractivity contribution is -0.203. The molecular weight excluding hydrogens is 140 g/mol. The van der Waals surface area contributed by atoms with Crippen molar-refractivity contribution in [3.05, 3.63) is 0 Å². The molecule has 1 aliphatic heterocycles. The van der Waals surface area contributed by atoms with Crippen molar-refractivity contribution in [3.8, 4) is 0 Å². The van der Waals surface area contributed by atoms with Gasteiger partial charge in [-0.15, -0.1) is 0 Å². The highest BCUT2D eigenvalue weighted by molar-refractivity contribution is 4.60. The van der Waals surface area contributed by atoms with Gasteiger partial charge in [0.1, 0.15) is 0 Å². The normalized spacial score (nSPS) is 32.2. The van der Waals surface area contributed by atoms with E-state index in [-0.39, 0.29) is 6.29 Å². The number of hydrogen-bond acceptors (Lipinski definition) is 2. The molecule has 0 radical (unpaired) electrons. The summed E-state index contributed by atoms with van der Waals surface area (Å²) in [4.78, 5) is 0. The van der Waals surface area contributed by atoms with Crippen LogP contribution in [0.2, 0.25) is 0 Å². The van der Waals surface area contributed by atoms with E-state index < -0.39 is 0 Å². The molecule has 0 bridgehead atoms. The Morgan fingerprint density at radius 3 is 2.27 bits per heavy atom. The van der Waals surface area contributed by atoms with Crippen LogP contribution in [-0.4, -0.2) is 19.5 Å². The second kappa shape index (κ2) is 4.73. The zero-order chi connectivity index (χ0) is 8.10. The summed E-state index contributed by atoms with van der Waals surface area (Å²) in [5.41, 5.74) is 0. The average molecular weight is 158 g/mol. The van der Waals surface area contributed by atoms with Crippen LogP contribution in [0, 0.1) is 5.92 Å². The molecule has 66 valence electrons. The van der Waals surface area contributed by atoms with Crippen molar-refractivity contribution >= 4 is 0 Å². The first-order chi connectivity index (χ1) is 5.36. The summed E-state index contributed by atoms with van der Waals surface area (Å²) < 4.78 is 11.0. The molecule has 0 spiro atoms. The summed E-state index contributed by atoms with van der Waals surface area (Å²) >= 11 is 0. The van der Waals surface area contributed by atoms with Gasteiger partial charge in [-0.25, -0.2) is 0 Å². The number of rotatable bonds is 3. The Labute approximate surface area is 68.9 Å². The van der Waals surface area contributed by atoms with Crippen molar-refractivity contribution in [2.24, 2.45) is 5.92 Å². The Hall–Kier alpha value is -0.0800. The summed E-state index contributed by atoms with van der Waals surface area (Å²) in [6.45, 7) is 6.11. The van der Waals surface area contributed by atoms with Crippen LogP contribution >= 0.6 is 0 Å². The minimum atomic E-state index is 0.0859. The zero-order valence-electron chi connectivity index (χ0n) is 7.51. The molecule has 0 N–H and O–H groups in total. The average Bonchev–Trinajstić information content (AvgIpc) is 2.07. The van der Waals surface area contributed by atoms with Crippen LogP contribution in [-0.2, 0) is 9.47 Å². The van der Waals surface area contributed by atoms with Gasteiger partial charge in [0, 0.05) is 5.92 Å². The molecule has 2 nitrogen and oxygen atoms in total. The van der Waals surface area contributed by atoms with Crippen molar-refractivity contribution in [2.45, 2.75) is 39.4 Å². The van der Waals surface area contributed by atoms with Gasteiger partial charge in [-0.1, -0.05) is 20.3 Å². The van der Waals surface area contributed by atoms with Crippen LogP contribution in [0.4, 0.5) is 0 Å². The summed E-state index contributed by atoms with van der Waals surface area (Å²) in [5, 5.41) is 0. The van der Waals surface area contributed by atoms with Gasteiger partial charge in [-0.3, -0.25) is 0 Å². The molecule has 1 aliphatic rings. The van der Waals surface area contributed by atoms with Crippen LogP contribution in [0.1, 0.15) is 33.1 Å². The Kier molecular flexibility index (Phi) is 3.87. The third-order valence-corrected chi connectivity index (χ3v) is 2.14. The molecule has 0 atom stereocenters. The van der Waals surface area contributed by atoms with E-state index in [9.17, 15) is 0 Å². The smallest absolute Gasteiger partial charge is 0.157 e. The predicted octanol–water partition coefficient (Wildman–Crippen LogP) is 2.19. The van der Waals surface area contributed by atoms with E-state index in [1.807, 2.05) is 0 Å². The van der Waals surface area contributed by atoms with E-state index in [4.69, 9.17) is 9.47 Å². The number of ether oxygens (including phenoxy) is 2. The molecule has 0 aromatic carbocycles. The van der Waals surface area contributed by atoms with E-state index in [0.29, 0.717) is 5.92 Å². The predicted molar refractivity (Wildman–Crippen MR) is 44.4 cm³/mol. The Morgan fingerprint density at radius 2 is 1.82 bits per heavy atom. The first-order valence-electron chi connectivity index (χ1n) is 4.60. The fraction of sp³-hybridized carbons (Fsp3) is 1.00. The van der Waals surface area contributed by atoms with E-state index in [2.05, 4.69) is 13.8 Å². The largest absolute Gasteiger partial charge is 0.352 e. The molecule has 1 saturated heterocycles. The summed E-state index contributed by atoms with van der Waals surface area (Å²) in [6.07, 6.45) is 3.43. The van der Waals surface area contributed by atoms with Crippen molar-refractivity contribution in [1.29, 1.82) is 0 Å². The van der Waals surface area contributed by atoms with Crippen molar-refractivity contribution in [2.75, 3.05) is 13.2 Å². The quantitative estimate of drug-likeness (QED) is 0.626. The van der Waals surface area contributed by atoms with Gasteiger partial charge in [0.2, 0.25) is 0 Å². The fourth-order valence-electron chi connectivity index (χ4n) is 1.22. The molecular formula is C9H18O2. The SMILES string of the molecule is CCCC1OCC(CC)CO1. The van der Waals surface area contributed by atoms with Gasteiger partial charge in [0.25, 0.3) is 0 Å². The molecule has 0 aromatic rings. The van der Waals surface area contributed by atoms with Gasteiger partial charge in [0.15, 0.2) is 6.29 Å². The molecule has 2 heteroatoms. The summed E-state index contributed by atoms with van der Waals surface area (Å²) in [5.74, 6) is 0.628. The Morgan fingerprint density at radius 1 is 1.18 bits per heavy atom. The molecule has 0 amide bonds. The van der Waals surface area contributed by atoms with Gasteiger partial charge in [-0.05, 0) is 12.8 Å². The highest BCUT2D eigenvalue weighted by Gasteiger charge is 2.19. The monoisotopic (exact) mass is 158 g/mol. The third kappa shape index (κ3) is 2.80. The van der Waals surface area contributed by atoms with E-state index in [1.54, 1.807) is 0 Å². The van der Waals surface area contributed by atoms with Gasteiger partial charge >= 0.3 is 0 Å². The maximum atomic E-state index is 5.50. The van der Waals surface area contributed by atoms with Gasteiger partial charge in [-0.2, -0.15) is 0 Å². The first kappa shape index (κ1) is 9.01. The minimum absolute atomic E-state index is 0.0859. The molecule has 1 fully saturated rings. The van der Waals surface area contributed by atoms with Gasteiger partial charge < -0.3 is 9.47 Å². The van der Waals surface area contributed by atoms with Gasteiger partial charge in [0.05, 0.1) is 13.2 Å².